The molecule has 1 aromatic rings. The summed E-state index contributed by atoms with van der Waals surface area (Å²) in [6.45, 7) is 7.23. The highest BCUT2D eigenvalue weighted by molar-refractivity contribution is 5.79. The molecule has 2 N–H and O–H groups in total. The summed E-state index contributed by atoms with van der Waals surface area (Å²) in [5.74, 6) is 1.66. The fourth-order valence-electron chi connectivity index (χ4n) is 2.71. The molecule has 0 radical (unpaired) electrons. The van der Waals surface area contributed by atoms with Crippen molar-refractivity contribution >= 4 is 5.96 Å². The number of aliphatic imine (C=N–C) groups is 1. The second-order valence-corrected chi connectivity index (χ2v) is 5.80. The summed E-state index contributed by atoms with van der Waals surface area (Å²) < 4.78 is 0. The van der Waals surface area contributed by atoms with Crippen LogP contribution in [0.3, 0.4) is 0 Å². The van der Waals surface area contributed by atoms with Gasteiger partial charge in [-0.2, -0.15) is 0 Å². The smallest absolute Gasteiger partial charge is 0.191 e. The zero-order chi connectivity index (χ0) is 14.9. The highest BCUT2D eigenvalue weighted by Crippen LogP contribution is 2.14. The monoisotopic (exact) mass is 288 g/mol. The maximum Gasteiger partial charge on any atom is 0.191 e. The molecule has 1 fully saturated rings. The van der Waals surface area contributed by atoms with E-state index >= 15 is 0 Å². The minimum atomic E-state index is 0.708. The van der Waals surface area contributed by atoms with Gasteiger partial charge in [0.1, 0.15) is 0 Å². The van der Waals surface area contributed by atoms with Gasteiger partial charge in [-0.05, 0) is 44.8 Å². The van der Waals surface area contributed by atoms with Gasteiger partial charge in [-0.1, -0.05) is 30.3 Å². The fourth-order valence-corrected chi connectivity index (χ4v) is 2.71. The summed E-state index contributed by atoms with van der Waals surface area (Å²) in [5, 5.41) is 6.76. The van der Waals surface area contributed by atoms with Gasteiger partial charge in [0.15, 0.2) is 5.96 Å². The average Bonchev–Trinajstić information content (AvgIpc) is 2.91. The van der Waals surface area contributed by atoms with Crippen LogP contribution in [-0.2, 0) is 6.42 Å². The van der Waals surface area contributed by atoms with Crippen molar-refractivity contribution < 1.29 is 0 Å². The Labute approximate surface area is 128 Å². The van der Waals surface area contributed by atoms with Crippen LogP contribution in [0.1, 0.15) is 18.9 Å². The minimum absolute atomic E-state index is 0.708. The van der Waals surface area contributed by atoms with E-state index in [1.807, 2.05) is 0 Å². The number of rotatable bonds is 6. The van der Waals surface area contributed by atoms with Crippen LogP contribution in [0.25, 0.3) is 0 Å². The first kappa shape index (κ1) is 15.8. The van der Waals surface area contributed by atoms with Gasteiger partial charge in [0.05, 0.1) is 0 Å². The number of nitrogens with zero attached hydrogens (tertiary/aromatic N) is 2. The molecule has 1 aliphatic heterocycles. The first-order valence-electron chi connectivity index (χ1n) is 8.02. The summed E-state index contributed by atoms with van der Waals surface area (Å²) in [5.41, 5.74) is 1.36. The number of guanidine groups is 1. The number of hydrogen-bond acceptors (Lipinski definition) is 2. The third-order valence-electron chi connectivity index (χ3n) is 3.89. The number of hydrogen-bond donors (Lipinski definition) is 2. The summed E-state index contributed by atoms with van der Waals surface area (Å²) in [4.78, 5) is 7.11. The van der Waals surface area contributed by atoms with Crippen molar-refractivity contribution in [1.82, 2.24) is 15.5 Å². The van der Waals surface area contributed by atoms with E-state index in [9.17, 15) is 0 Å². The van der Waals surface area contributed by atoms with E-state index in [-0.39, 0.29) is 0 Å². The summed E-state index contributed by atoms with van der Waals surface area (Å²) in [6, 6.07) is 10.6. The molecule has 21 heavy (non-hydrogen) atoms. The summed E-state index contributed by atoms with van der Waals surface area (Å²) in [6.07, 6.45) is 2.29. The Morgan fingerprint density at radius 1 is 1.29 bits per heavy atom. The second kappa shape index (κ2) is 8.67. The predicted octanol–water partition coefficient (Wildman–Crippen LogP) is 1.74. The summed E-state index contributed by atoms with van der Waals surface area (Å²) >= 11 is 0. The molecule has 4 heteroatoms. The lowest BCUT2D eigenvalue weighted by atomic mass is 10.1. The molecule has 1 atom stereocenters. The average molecular weight is 288 g/mol. The normalized spacial score (nSPS) is 19.7. The quantitative estimate of drug-likeness (QED) is 0.619. The van der Waals surface area contributed by atoms with E-state index in [4.69, 9.17) is 4.99 Å². The number of nitrogens with one attached hydrogen (secondary N) is 2. The van der Waals surface area contributed by atoms with Gasteiger partial charge >= 0.3 is 0 Å². The van der Waals surface area contributed by atoms with Crippen molar-refractivity contribution in [2.45, 2.75) is 19.8 Å². The van der Waals surface area contributed by atoms with E-state index in [2.05, 4.69) is 59.8 Å². The minimum Gasteiger partial charge on any atom is -0.357 e. The molecule has 1 aromatic carbocycles. The molecule has 1 aliphatic rings. The SMILES string of the molecule is CCNC(=NCC1CCN(C)C1)NCCc1ccccc1. The van der Waals surface area contributed by atoms with Crippen molar-refractivity contribution in [3.05, 3.63) is 35.9 Å². The van der Waals surface area contributed by atoms with E-state index in [0.29, 0.717) is 5.92 Å². The van der Waals surface area contributed by atoms with Gasteiger partial charge in [0, 0.05) is 26.2 Å². The summed E-state index contributed by atoms with van der Waals surface area (Å²) in [7, 11) is 2.19. The molecule has 1 saturated heterocycles. The van der Waals surface area contributed by atoms with Crippen LogP contribution in [0.4, 0.5) is 0 Å². The van der Waals surface area contributed by atoms with Crippen LogP contribution in [0.2, 0.25) is 0 Å². The maximum absolute atomic E-state index is 4.73. The molecule has 4 nitrogen and oxygen atoms in total. The van der Waals surface area contributed by atoms with Gasteiger partial charge in [0.2, 0.25) is 0 Å². The molecule has 2 rings (SSSR count). The highest BCUT2D eigenvalue weighted by Gasteiger charge is 2.18. The lowest BCUT2D eigenvalue weighted by Gasteiger charge is -2.13. The van der Waals surface area contributed by atoms with Gasteiger partial charge in [-0.3, -0.25) is 4.99 Å². The molecule has 0 aliphatic carbocycles. The van der Waals surface area contributed by atoms with Gasteiger partial charge in [-0.25, -0.2) is 0 Å². The van der Waals surface area contributed by atoms with Gasteiger partial charge in [-0.15, -0.1) is 0 Å². The Hall–Kier alpha value is -1.55. The van der Waals surface area contributed by atoms with Crippen LogP contribution in [0.15, 0.2) is 35.3 Å². The zero-order valence-electron chi connectivity index (χ0n) is 13.3. The number of likely N-dealkylation sites (tertiary alicyclic amines) is 1. The van der Waals surface area contributed by atoms with Crippen molar-refractivity contribution in [3.8, 4) is 0 Å². The Morgan fingerprint density at radius 2 is 2.10 bits per heavy atom. The Kier molecular flexibility index (Phi) is 6.54. The predicted molar refractivity (Wildman–Crippen MR) is 89.7 cm³/mol. The third kappa shape index (κ3) is 5.76. The van der Waals surface area contributed by atoms with E-state index in [0.717, 1.165) is 32.0 Å². The molecule has 0 saturated carbocycles. The Balaban J connectivity index is 1.75. The van der Waals surface area contributed by atoms with E-state index in [1.54, 1.807) is 0 Å². The van der Waals surface area contributed by atoms with Crippen molar-refractivity contribution in [2.24, 2.45) is 10.9 Å². The third-order valence-corrected chi connectivity index (χ3v) is 3.89. The van der Waals surface area contributed by atoms with Gasteiger partial charge < -0.3 is 15.5 Å². The molecule has 0 spiro atoms. The lowest BCUT2D eigenvalue weighted by Crippen LogP contribution is -2.38. The first-order valence-corrected chi connectivity index (χ1v) is 8.02. The standard InChI is InChI=1S/C17H28N4/c1-3-18-17(20-13-16-10-12-21(2)14-16)19-11-9-15-7-5-4-6-8-15/h4-8,16H,3,9-14H2,1-2H3,(H2,18,19,20). The van der Waals surface area contributed by atoms with Crippen molar-refractivity contribution in [3.63, 3.8) is 0 Å². The second-order valence-electron chi connectivity index (χ2n) is 5.80. The zero-order valence-corrected chi connectivity index (χ0v) is 13.3. The maximum atomic E-state index is 4.73. The fraction of sp³-hybridized carbons (Fsp3) is 0.588. The van der Waals surface area contributed by atoms with E-state index < -0.39 is 0 Å². The Morgan fingerprint density at radius 3 is 2.76 bits per heavy atom. The van der Waals surface area contributed by atoms with Gasteiger partial charge in [0.25, 0.3) is 0 Å². The van der Waals surface area contributed by atoms with Crippen LogP contribution in [-0.4, -0.2) is 50.6 Å². The molecule has 116 valence electrons. The van der Waals surface area contributed by atoms with Crippen molar-refractivity contribution in [1.29, 1.82) is 0 Å². The van der Waals surface area contributed by atoms with E-state index in [1.165, 1.54) is 25.1 Å². The molecule has 1 unspecified atom stereocenters. The van der Waals surface area contributed by atoms with Crippen LogP contribution in [0.5, 0.6) is 0 Å². The van der Waals surface area contributed by atoms with Crippen LogP contribution < -0.4 is 10.6 Å². The largest absolute Gasteiger partial charge is 0.357 e. The lowest BCUT2D eigenvalue weighted by molar-refractivity contribution is 0.397. The molecule has 0 amide bonds. The first-order chi connectivity index (χ1) is 10.3. The Bertz CT molecular complexity index is 430. The number of benzene rings is 1. The molecular formula is C17H28N4. The molecule has 1 heterocycles. The van der Waals surface area contributed by atoms with Crippen LogP contribution >= 0.6 is 0 Å². The molecule has 0 aromatic heterocycles. The topological polar surface area (TPSA) is 39.7 Å². The van der Waals surface area contributed by atoms with Crippen LogP contribution in [0, 0.1) is 5.92 Å². The molecular weight excluding hydrogens is 260 g/mol. The highest BCUT2D eigenvalue weighted by atomic mass is 15.2. The van der Waals surface area contributed by atoms with Crippen molar-refractivity contribution in [2.75, 3.05) is 39.8 Å². The molecule has 0 bridgehead atoms.